The zero-order valence-corrected chi connectivity index (χ0v) is 9.37. The van der Waals surface area contributed by atoms with Gasteiger partial charge in [-0.1, -0.05) is 0 Å². The Morgan fingerprint density at radius 2 is 2.33 bits per heavy atom. The van der Waals surface area contributed by atoms with Gasteiger partial charge >= 0.3 is 0 Å². The van der Waals surface area contributed by atoms with Crippen LogP contribution in [0.25, 0.3) is 0 Å². The van der Waals surface area contributed by atoms with Gasteiger partial charge in [-0.05, 0) is 32.7 Å². The molecule has 86 valence electrons. The number of ether oxygens (including phenoxy) is 1. The molecule has 1 amide bonds. The van der Waals surface area contributed by atoms with Crippen LogP contribution >= 0.6 is 0 Å². The summed E-state index contributed by atoms with van der Waals surface area (Å²) < 4.78 is 5.51. The van der Waals surface area contributed by atoms with Crippen molar-refractivity contribution in [1.29, 1.82) is 0 Å². The molecule has 0 aromatic carbocycles. The van der Waals surface area contributed by atoms with Crippen LogP contribution in [0.4, 0.5) is 0 Å². The molecule has 2 unspecified atom stereocenters. The van der Waals surface area contributed by atoms with E-state index in [0.717, 1.165) is 45.4 Å². The van der Waals surface area contributed by atoms with Crippen LogP contribution in [0.15, 0.2) is 0 Å². The van der Waals surface area contributed by atoms with Crippen LogP contribution in [0.3, 0.4) is 0 Å². The van der Waals surface area contributed by atoms with Crippen LogP contribution < -0.4 is 5.32 Å². The molecule has 0 aromatic heterocycles. The van der Waals surface area contributed by atoms with Crippen molar-refractivity contribution in [1.82, 2.24) is 10.2 Å². The molecule has 0 radical (unpaired) electrons. The van der Waals surface area contributed by atoms with E-state index in [1.807, 2.05) is 11.9 Å². The molecule has 2 saturated heterocycles. The molecule has 4 nitrogen and oxygen atoms in total. The monoisotopic (exact) mass is 212 g/mol. The first-order valence-corrected chi connectivity index (χ1v) is 5.89. The van der Waals surface area contributed by atoms with Crippen molar-refractivity contribution in [3.05, 3.63) is 0 Å². The molecule has 2 rings (SSSR count). The van der Waals surface area contributed by atoms with Gasteiger partial charge in [0, 0.05) is 25.7 Å². The maximum Gasteiger partial charge on any atom is 0.251 e. The zero-order chi connectivity index (χ0) is 10.7. The van der Waals surface area contributed by atoms with E-state index in [-0.39, 0.29) is 12.0 Å². The lowest BCUT2D eigenvalue weighted by atomic mass is 10.00. The lowest BCUT2D eigenvalue weighted by Gasteiger charge is -2.43. The minimum Gasteiger partial charge on any atom is -0.368 e. The predicted molar refractivity (Wildman–Crippen MR) is 57.6 cm³/mol. The van der Waals surface area contributed by atoms with Crippen LogP contribution in [0.1, 0.15) is 25.7 Å². The fourth-order valence-electron chi connectivity index (χ4n) is 2.30. The van der Waals surface area contributed by atoms with Crippen molar-refractivity contribution in [2.24, 2.45) is 0 Å². The van der Waals surface area contributed by atoms with Gasteiger partial charge < -0.3 is 15.0 Å². The maximum atomic E-state index is 12.0. The second kappa shape index (κ2) is 4.94. The summed E-state index contributed by atoms with van der Waals surface area (Å²) in [6.07, 6.45) is 4.10. The fourth-order valence-corrected chi connectivity index (χ4v) is 2.30. The van der Waals surface area contributed by atoms with E-state index in [1.54, 1.807) is 0 Å². The van der Waals surface area contributed by atoms with Gasteiger partial charge in [-0.25, -0.2) is 0 Å². The van der Waals surface area contributed by atoms with Gasteiger partial charge in [-0.2, -0.15) is 0 Å². The highest BCUT2D eigenvalue weighted by Gasteiger charge is 2.36. The smallest absolute Gasteiger partial charge is 0.251 e. The Labute approximate surface area is 91.0 Å². The van der Waals surface area contributed by atoms with Crippen molar-refractivity contribution in [3.63, 3.8) is 0 Å². The van der Waals surface area contributed by atoms with Gasteiger partial charge in [-0.15, -0.1) is 0 Å². The number of carbonyl (C=O) groups excluding carboxylic acids is 1. The molecule has 0 aromatic rings. The molecule has 4 heteroatoms. The molecule has 0 spiro atoms. The Hall–Kier alpha value is -0.610. The number of nitrogens with one attached hydrogen (secondary N) is 1. The third kappa shape index (κ3) is 2.32. The lowest BCUT2D eigenvalue weighted by Crippen LogP contribution is -2.58. The van der Waals surface area contributed by atoms with Crippen LogP contribution in [-0.2, 0) is 9.53 Å². The maximum absolute atomic E-state index is 12.0. The Morgan fingerprint density at radius 3 is 2.87 bits per heavy atom. The molecule has 2 heterocycles. The zero-order valence-electron chi connectivity index (χ0n) is 9.37. The van der Waals surface area contributed by atoms with Crippen LogP contribution in [0.2, 0.25) is 0 Å². The highest BCUT2D eigenvalue weighted by atomic mass is 16.5. The first-order chi connectivity index (χ1) is 7.33. The average molecular weight is 212 g/mol. The van der Waals surface area contributed by atoms with E-state index >= 15 is 0 Å². The predicted octanol–water partition coefficient (Wildman–Crippen LogP) is 0.376. The molecule has 0 bridgehead atoms. The number of hydrogen-bond acceptors (Lipinski definition) is 3. The summed E-state index contributed by atoms with van der Waals surface area (Å²) in [5, 5.41) is 3.12. The van der Waals surface area contributed by atoms with Gasteiger partial charge in [0.2, 0.25) is 0 Å². The Balaban J connectivity index is 1.84. The summed E-state index contributed by atoms with van der Waals surface area (Å²) in [4.78, 5) is 14.0. The van der Waals surface area contributed by atoms with Gasteiger partial charge in [0.15, 0.2) is 0 Å². The molecular weight excluding hydrogens is 192 g/mol. The van der Waals surface area contributed by atoms with Gasteiger partial charge in [0.05, 0.1) is 0 Å². The number of rotatable bonds is 3. The van der Waals surface area contributed by atoms with Gasteiger partial charge in [0.1, 0.15) is 6.10 Å². The second-order valence-electron chi connectivity index (χ2n) is 4.39. The molecule has 0 saturated carbocycles. The van der Waals surface area contributed by atoms with E-state index < -0.39 is 0 Å². The van der Waals surface area contributed by atoms with E-state index in [2.05, 4.69) is 5.32 Å². The summed E-state index contributed by atoms with van der Waals surface area (Å²) >= 11 is 0. The van der Waals surface area contributed by atoms with Crippen molar-refractivity contribution < 1.29 is 9.53 Å². The van der Waals surface area contributed by atoms with Gasteiger partial charge in [-0.3, -0.25) is 4.79 Å². The van der Waals surface area contributed by atoms with Crippen molar-refractivity contribution >= 4 is 5.91 Å². The molecule has 15 heavy (non-hydrogen) atoms. The highest BCUT2D eigenvalue weighted by molar-refractivity contribution is 5.82. The molecular formula is C11H20N2O2. The van der Waals surface area contributed by atoms with Crippen LogP contribution in [0.5, 0.6) is 0 Å². The minimum absolute atomic E-state index is 0.154. The van der Waals surface area contributed by atoms with E-state index in [4.69, 9.17) is 4.74 Å². The number of likely N-dealkylation sites (tertiary alicyclic amines) is 1. The quantitative estimate of drug-likeness (QED) is 0.735. The highest BCUT2D eigenvalue weighted by Crippen LogP contribution is 2.22. The third-order valence-corrected chi connectivity index (χ3v) is 3.32. The Bertz CT molecular complexity index is 227. The average Bonchev–Trinajstić information content (AvgIpc) is 2.25. The van der Waals surface area contributed by atoms with E-state index in [0.29, 0.717) is 6.04 Å². The number of amides is 1. The summed E-state index contributed by atoms with van der Waals surface area (Å²) in [5.74, 6) is 0.209. The molecule has 2 aliphatic rings. The van der Waals surface area contributed by atoms with Crippen molar-refractivity contribution in [2.45, 2.75) is 37.8 Å². The van der Waals surface area contributed by atoms with Gasteiger partial charge in [0.25, 0.3) is 5.91 Å². The third-order valence-electron chi connectivity index (χ3n) is 3.32. The fraction of sp³-hybridized carbons (Fsp3) is 0.909. The standard InChI is InChI=1S/C11H20N2O2/c1-12-8-9-5-6-13(9)11(14)10-4-2-3-7-15-10/h9-10,12H,2-8H2,1H3. The second-order valence-corrected chi connectivity index (χ2v) is 4.39. The molecule has 2 fully saturated rings. The number of likely N-dealkylation sites (N-methyl/N-ethyl adjacent to an activating group) is 1. The minimum atomic E-state index is -0.154. The summed E-state index contributed by atoms with van der Waals surface area (Å²) in [7, 11) is 1.93. The molecule has 1 N–H and O–H groups in total. The topological polar surface area (TPSA) is 41.6 Å². The normalized spacial score (nSPS) is 31.1. The molecule has 2 aliphatic heterocycles. The largest absolute Gasteiger partial charge is 0.368 e. The first kappa shape index (κ1) is 10.9. The number of hydrogen-bond donors (Lipinski definition) is 1. The molecule has 2 atom stereocenters. The number of nitrogens with zero attached hydrogens (tertiary/aromatic N) is 1. The Kier molecular flexibility index (Phi) is 3.59. The number of carbonyl (C=O) groups is 1. The SMILES string of the molecule is CNCC1CCN1C(=O)C1CCCCO1. The van der Waals surface area contributed by atoms with Crippen LogP contribution in [0, 0.1) is 0 Å². The first-order valence-electron chi connectivity index (χ1n) is 5.89. The molecule has 0 aliphatic carbocycles. The van der Waals surface area contributed by atoms with E-state index in [1.165, 1.54) is 0 Å². The van der Waals surface area contributed by atoms with Crippen molar-refractivity contribution in [3.8, 4) is 0 Å². The summed E-state index contributed by atoms with van der Waals surface area (Å²) in [6.45, 7) is 2.56. The van der Waals surface area contributed by atoms with Crippen molar-refractivity contribution in [2.75, 3.05) is 26.7 Å². The summed E-state index contributed by atoms with van der Waals surface area (Å²) in [6, 6.07) is 0.396. The van der Waals surface area contributed by atoms with Crippen LogP contribution in [-0.4, -0.2) is 49.7 Å². The summed E-state index contributed by atoms with van der Waals surface area (Å²) in [5.41, 5.74) is 0. The van der Waals surface area contributed by atoms with E-state index in [9.17, 15) is 4.79 Å². The lowest BCUT2D eigenvalue weighted by molar-refractivity contribution is -0.154. The Morgan fingerprint density at radius 1 is 1.47 bits per heavy atom.